The molecule has 0 bridgehead atoms. The number of carbonyl (C=O) groups is 1. The highest BCUT2D eigenvalue weighted by atomic mass is 32.1. The molecule has 0 saturated carbocycles. The predicted molar refractivity (Wildman–Crippen MR) is 96.0 cm³/mol. The number of carbonyl (C=O) groups excluding carboxylic acids is 1. The second-order valence-corrected chi connectivity index (χ2v) is 6.34. The Morgan fingerprint density at radius 2 is 2.21 bits per heavy atom. The maximum atomic E-state index is 12.1. The Morgan fingerprint density at radius 3 is 2.92 bits per heavy atom. The number of thiophene rings is 1. The van der Waals surface area contributed by atoms with Crippen LogP contribution < -0.4 is 5.32 Å². The van der Waals surface area contributed by atoms with Gasteiger partial charge in [-0.25, -0.2) is 9.67 Å². The van der Waals surface area contributed by atoms with E-state index in [2.05, 4.69) is 15.4 Å². The second kappa shape index (κ2) is 7.23. The van der Waals surface area contributed by atoms with Crippen LogP contribution in [0.25, 0.3) is 11.9 Å². The molecule has 1 amide bonds. The van der Waals surface area contributed by atoms with Crippen molar-refractivity contribution < 1.29 is 4.79 Å². The van der Waals surface area contributed by atoms with Gasteiger partial charge in [0.15, 0.2) is 5.82 Å². The molecule has 3 aromatic rings. The van der Waals surface area contributed by atoms with Crippen LogP contribution in [-0.2, 0) is 4.79 Å². The largest absolute Gasteiger partial charge is 0.346 e. The molecule has 1 atom stereocenters. The van der Waals surface area contributed by atoms with Gasteiger partial charge in [0.1, 0.15) is 0 Å². The summed E-state index contributed by atoms with van der Waals surface area (Å²) in [5, 5.41) is 9.34. The van der Waals surface area contributed by atoms with Crippen LogP contribution >= 0.6 is 11.3 Å². The highest BCUT2D eigenvalue weighted by Crippen LogP contribution is 2.19. The van der Waals surface area contributed by atoms with E-state index in [4.69, 9.17) is 0 Å². The van der Waals surface area contributed by atoms with Gasteiger partial charge in [-0.2, -0.15) is 5.10 Å². The summed E-state index contributed by atoms with van der Waals surface area (Å²) in [6.45, 7) is 3.92. The van der Waals surface area contributed by atoms with Crippen molar-refractivity contribution in [3.63, 3.8) is 0 Å². The van der Waals surface area contributed by atoms with E-state index in [0.717, 1.165) is 22.0 Å². The van der Waals surface area contributed by atoms with E-state index in [9.17, 15) is 4.79 Å². The van der Waals surface area contributed by atoms with Crippen molar-refractivity contribution >= 4 is 23.3 Å². The van der Waals surface area contributed by atoms with Crippen LogP contribution in [0.15, 0.2) is 54.2 Å². The minimum Gasteiger partial charge on any atom is -0.346 e. The number of rotatable bonds is 5. The van der Waals surface area contributed by atoms with Gasteiger partial charge in [0.2, 0.25) is 5.91 Å². The fourth-order valence-electron chi connectivity index (χ4n) is 2.44. The summed E-state index contributed by atoms with van der Waals surface area (Å²) in [6, 6.07) is 9.48. The van der Waals surface area contributed by atoms with Crippen molar-refractivity contribution in [1.29, 1.82) is 0 Å². The molecule has 0 radical (unpaired) electrons. The SMILES string of the molecule is Cc1c([C@@H](C)NC(=O)/C=C/c2cccs2)cnn1-c1ccccn1. The fourth-order valence-corrected chi connectivity index (χ4v) is 3.06. The van der Waals surface area contributed by atoms with Gasteiger partial charge < -0.3 is 5.32 Å². The molecule has 122 valence electrons. The molecule has 0 aliphatic heterocycles. The van der Waals surface area contributed by atoms with Crippen molar-refractivity contribution in [2.24, 2.45) is 0 Å². The Labute approximate surface area is 144 Å². The number of nitrogens with zero attached hydrogens (tertiary/aromatic N) is 3. The van der Waals surface area contributed by atoms with Gasteiger partial charge in [0, 0.05) is 28.4 Å². The van der Waals surface area contributed by atoms with Gasteiger partial charge in [0.25, 0.3) is 0 Å². The first-order valence-corrected chi connectivity index (χ1v) is 8.51. The lowest BCUT2D eigenvalue weighted by Crippen LogP contribution is -2.25. The summed E-state index contributed by atoms with van der Waals surface area (Å²) in [5.74, 6) is 0.637. The van der Waals surface area contributed by atoms with E-state index in [1.165, 1.54) is 0 Å². The van der Waals surface area contributed by atoms with E-state index >= 15 is 0 Å². The van der Waals surface area contributed by atoms with Crippen molar-refractivity contribution in [3.8, 4) is 5.82 Å². The maximum absolute atomic E-state index is 12.1. The third-order valence-electron chi connectivity index (χ3n) is 3.68. The second-order valence-electron chi connectivity index (χ2n) is 5.36. The summed E-state index contributed by atoms with van der Waals surface area (Å²) >= 11 is 1.60. The standard InChI is InChI=1S/C18H18N4OS/c1-13(21-18(23)9-8-15-6-5-11-24-15)16-12-20-22(14(16)2)17-7-3-4-10-19-17/h3-13H,1-2H3,(H,21,23)/b9-8+/t13-/m1/s1. The van der Waals surface area contributed by atoms with Gasteiger partial charge in [-0.1, -0.05) is 12.1 Å². The highest BCUT2D eigenvalue weighted by Gasteiger charge is 2.15. The predicted octanol–water partition coefficient (Wildman–Crippen LogP) is 3.53. The van der Waals surface area contributed by atoms with Gasteiger partial charge in [0.05, 0.1) is 12.2 Å². The average Bonchev–Trinajstić information content (AvgIpc) is 3.23. The van der Waals surface area contributed by atoms with E-state index in [1.54, 1.807) is 34.5 Å². The van der Waals surface area contributed by atoms with Crippen molar-refractivity contribution in [3.05, 3.63) is 70.3 Å². The normalized spacial score (nSPS) is 12.4. The molecule has 0 aromatic carbocycles. The van der Waals surface area contributed by atoms with Crippen molar-refractivity contribution in [2.45, 2.75) is 19.9 Å². The van der Waals surface area contributed by atoms with Crippen LogP contribution in [0.1, 0.15) is 29.1 Å². The third-order valence-corrected chi connectivity index (χ3v) is 4.52. The molecule has 0 fully saturated rings. The van der Waals surface area contributed by atoms with Gasteiger partial charge >= 0.3 is 0 Å². The molecular weight excluding hydrogens is 320 g/mol. The van der Waals surface area contributed by atoms with Crippen molar-refractivity contribution in [2.75, 3.05) is 0 Å². The Bertz CT molecular complexity index is 837. The quantitative estimate of drug-likeness (QED) is 0.724. The topological polar surface area (TPSA) is 59.8 Å². The van der Waals surface area contributed by atoms with Crippen LogP contribution in [0.5, 0.6) is 0 Å². The first-order valence-electron chi connectivity index (χ1n) is 7.63. The van der Waals surface area contributed by atoms with Gasteiger partial charge in [-0.3, -0.25) is 4.79 Å². The Morgan fingerprint density at radius 1 is 1.33 bits per heavy atom. The molecule has 3 rings (SSSR count). The van der Waals surface area contributed by atoms with E-state index < -0.39 is 0 Å². The smallest absolute Gasteiger partial charge is 0.244 e. The lowest BCUT2D eigenvalue weighted by molar-refractivity contribution is -0.117. The van der Waals surface area contributed by atoms with Crippen LogP contribution in [0.3, 0.4) is 0 Å². The first kappa shape index (κ1) is 16.1. The Balaban J connectivity index is 1.70. The van der Waals surface area contributed by atoms with Gasteiger partial charge in [-0.05, 0) is 43.5 Å². The highest BCUT2D eigenvalue weighted by molar-refractivity contribution is 7.10. The molecule has 0 aliphatic rings. The molecule has 0 spiro atoms. The lowest BCUT2D eigenvalue weighted by Gasteiger charge is -2.12. The fraction of sp³-hybridized carbons (Fsp3) is 0.167. The summed E-state index contributed by atoms with van der Waals surface area (Å²) < 4.78 is 1.78. The summed E-state index contributed by atoms with van der Waals surface area (Å²) in [4.78, 5) is 17.4. The number of aromatic nitrogens is 3. The summed E-state index contributed by atoms with van der Waals surface area (Å²) in [5.41, 5.74) is 1.93. The molecule has 1 N–H and O–H groups in total. The zero-order valence-electron chi connectivity index (χ0n) is 13.5. The third kappa shape index (κ3) is 3.60. The summed E-state index contributed by atoms with van der Waals surface area (Å²) in [6.07, 6.45) is 6.88. The molecule has 5 nitrogen and oxygen atoms in total. The minimum atomic E-state index is -0.136. The summed E-state index contributed by atoms with van der Waals surface area (Å²) in [7, 11) is 0. The number of pyridine rings is 1. The molecule has 24 heavy (non-hydrogen) atoms. The van der Waals surface area contributed by atoms with Crippen LogP contribution in [-0.4, -0.2) is 20.7 Å². The van der Waals surface area contributed by atoms with Crippen LogP contribution in [0, 0.1) is 6.92 Å². The number of hydrogen-bond donors (Lipinski definition) is 1. The van der Waals surface area contributed by atoms with Crippen LogP contribution in [0.2, 0.25) is 0 Å². The average molecular weight is 338 g/mol. The van der Waals surface area contributed by atoms with E-state index in [1.807, 2.05) is 55.6 Å². The minimum absolute atomic E-state index is 0.124. The number of nitrogens with one attached hydrogen (secondary N) is 1. The maximum Gasteiger partial charge on any atom is 0.244 e. The molecule has 3 heterocycles. The van der Waals surface area contributed by atoms with E-state index in [0.29, 0.717) is 0 Å². The van der Waals surface area contributed by atoms with Gasteiger partial charge in [-0.15, -0.1) is 11.3 Å². The molecule has 0 saturated heterocycles. The van der Waals surface area contributed by atoms with Crippen molar-refractivity contribution in [1.82, 2.24) is 20.1 Å². The Kier molecular flexibility index (Phi) is 4.86. The molecule has 0 aliphatic carbocycles. The number of hydrogen-bond acceptors (Lipinski definition) is 4. The lowest BCUT2D eigenvalue weighted by atomic mass is 10.1. The molecule has 0 unspecified atom stereocenters. The molecule has 6 heteroatoms. The zero-order chi connectivity index (χ0) is 16.9. The molecule has 3 aromatic heterocycles. The monoisotopic (exact) mass is 338 g/mol. The molecular formula is C18H18N4OS. The first-order chi connectivity index (χ1) is 11.6. The Hall–Kier alpha value is -2.73. The number of amides is 1. The van der Waals surface area contributed by atoms with E-state index in [-0.39, 0.29) is 11.9 Å². The van der Waals surface area contributed by atoms with Crippen LogP contribution in [0.4, 0.5) is 0 Å². The zero-order valence-corrected chi connectivity index (χ0v) is 14.3.